The van der Waals surface area contributed by atoms with Crippen LogP contribution >= 0.6 is 0 Å². The quantitative estimate of drug-likeness (QED) is 0.386. The molecule has 2 aromatic rings. The van der Waals surface area contributed by atoms with Crippen LogP contribution in [-0.2, 0) is 6.42 Å². The van der Waals surface area contributed by atoms with Gasteiger partial charge in [-0.2, -0.15) is 5.26 Å². The van der Waals surface area contributed by atoms with Crippen molar-refractivity contribution in [1.82, 2.24) is 0 Å². The summed E-state index contributed by atoms with van der Waals surface area (Å²) in [5.41, 5.74) is 3.33. The fourth-order valence-corrected chi connectivity index (χ4v) is 4.44. The predicted octanol–water partition coefficient (Wildman–Crippen LogP) is 6.80. The molecule has 2 aromatic carbocycles. The van der Waals surface area contributed by atoms with Crippen molar-refractivity contribution in [2.75, 3.05) is 0 Å². The van der Waals surface area contributed by atoms with Crippen molar-refractivity contribution in [2.45, 2.75) is 71.1 Å². The van der Waals surface area contributed by atoms with Crippen LogP contribution in [0.4, 0.5) is 0 Å². The molecule has 1 fully saturated rings. The van der Waals surface area contributed by atoms with E-state index in [0.717, 1.165) is 24.3 Å². The number of ether oxygens (including phenoxy) is 1. The third-order valence-electron chi connectivity index (χ3n) is 6.07. The normalized spacial score (nSPS) is 18.8. The van der Waals surface area contributed by atoms with Gasteiger partial charge in [0.2, 0.25) is 0 Å². The Labute approximate surface area is 174 Å². The van der Waals surface area contributed by atoms with Crippen LogP contribution in [-0.4, -0.2) is 5.97 Å². The number of hydrogen-bond donors (Lipinski definition) is 0. The van der Waals surface area contributed by atoms with Gasteiger partial charge < -0.3 is 4.74 Å². The van der Waals surface area contributed by atoms with E-state index in [1.54, 1.807) is 6.07 Å². The Hall–Kier alpha value is -2.60. The number of nitriles is 1. The van der Waals surface area contributed by atoms with E-state index in [2.05, 4.69) is 32.0 Å². The Kier molecular flexibility index (Phi) is 7.47. The molecule has 0 atom stereocenters. The standard InChI is InChI=1S/C26H31NO2/c1-3-5-19-7-10-21(11-8-19)22-12-14-23(15-13-22)26(28)29-25-16-9-20(6-4-2)17-24(25)18-27/h9,12-17,19,21H,3-8,10-11H2,1-2H3. The van der Waals surface area contributed by atoms with E-state index in [-0.39, 0.29) is 0 Å². The van der Waals surface area contributed by atoms with Crippen LogP contribution < -0.4 is 4.74 Å². The summed E-state index contributed by atoms with van der Waals surface area (Å²) >= 11 is 0. The molecule has 1 saturated carbocycles. The van der Waals surface area contributed by atoms with Gasteiger partial charge in [-0.25, -0.2) is 4.79 Å². The first-order valence-corrected chi connectivity index (χ1v) is 11.0. The highest BCUT2D eigenvalue weighted by Crippen LogP contribution is 2.37. The molecule has 29 heavy (non-hydrogen) atoms. The first kappa shape index (κ1) is 21.1. The number of esters is 1. The third kappa shape index (κ3) is 5.48. The van der Waals surface area contributed by atoms with Gasteiger partial charge in [-0.1, -0.05) is 51.3 Å². The number of aryl methyl sites for hydroxylation is 1. The second-order valence-corrected chi connectivity index (χ2v) is 8.21. The van der Waals surface area contributed by atoms with Gasteiger partial charge in [0.1, 0.15) is 11.8 Å². The molecular weight excluding hydrogens is 358 g/mol. The molecule has 0 aliphatic heterocycles. The van der Waals surface area contributed by atoms with E-state index in [4.69, 9.17) is 4.74 Å². The average Bonchev–Trinajstić information content (AvgIpc) is 2.76. The molecular formula is C26H31NO2. The summed E-state index contributed by atoms with van der Waals surface area (Å²) in [7, 11) is 0. The first-order valence-electron chi connectivity index (χ1n) is 11.0. The predicted molar refractivity (Wildman–Crippen MR) is 116 cm³/mol. The molecule has 0 saturated heterocycles. The lowest BCUT2D eigenvalue weighted by Gasteiger charge is -2.28. The Morgan fingerprint density at radius 3 is 2.38 bits per heavy atom. The Balaban J connectivity index is 1.63. The second kappa shape index (κ2) is 10.3. The van der Waals surface area contributed by atoms with Gasteiger partial charge in [-0.3, -0.25) is 0 Å². The topological polar surface area (TPSA) is 50.1 Å². The number of carbonyl (C=O) groups is 1. The highest BCUT2D eigenvalue weighted by atomic mass is 16.5. The molecule has 0 bridgehead atoms. The smallest absolute Gasteiger partial charge is 0.343 e. The molecule has 0 aromatic heterocycles. The lowest BCUT2D eigenvalue weighted by atomic mass is 9.77. The largest absolute Gasteiger partial charge is 0.422 e. The molecule has 1 aliphatic carbocycles. The molecule has 0 spiro atoms. The maximum atomic E-state index is 12.6. The van der Waals surface area contributed by atoms with Gasteiger partial charge in [0, 0.05) is 0 Å². The summed E-state index contributed by atoms with van der Waals surface area (Å²) in [6.45, 7) is 4.36. The molecule has 1 aliphatic rings. The molecule has 3 rings (SSSR count). The monoisotopic (exact) mass is 389 g/mol. The van der Waals surface area contributed by atoms with Gasteiger partial charge in [-0.15, -0.1) is 0 Å². The highest BCUT2D eigenvalue weighted by molar-refractivity contribution is 5.91. The van der Waals surface area contributed by atoms with E-state index in [1.807, 2.05) is 24.3 Å². The maximum Gasteiger partial charge on any atom is 0.343 e. The zero-order chi connectivity index (χ0) is 20.6. The van der Waals surface area contributed by atoms with Crippen molar-refractivity contribution in [1.29, 1.82) is 5.26 Å². The minimum Gasteiger partial charge on any atom is -0.422 e. The summed E-state index contributed by atoms with van der Waals surface area (Å²) < 4.78 is 5.52. The minimum atomic E-state index is -0.414. The number of hydrogen-bond acceptors (Lipinski definition) is 3. The number of nitrogens with zero attached hydrogens (tertiary/aromatic N) is 1. The molecule has 3 heteroatoms. The lowest BCUT2D eigenvalue weighted by molar-refractivity contribution is 0.0734. The lowest BCUT2D eigenvalue weighted by Crippen LogP contribution is -2.14. The fourth-order valence-electron chi connectivity index (χ4n) is 4.44. The summed E-state index contributed by atoms with van der Waals surface area (Å²) in [5.74, 6) is 1.41. The molecule has 0 unspecified atom stereocenters. The van der Waals surface area contributed by atoms with Gasteiger partial charge in [-0.05, 0) is 79.3 Å². The molecule has 0 radical (unpaired) electrons. The van der Waals surface area contributed by atoms with E-state index >= 15 is 0 Å². The van der Waals surface area contributed by atoms with Crippen LogP contribution in [0.15, 0.2) is 42.5 Å². The van der Waals surface area contributed by atoms with Crippen LogP contribution in [0.2, 0.25) is 0 Å². The van der Waals surface area contributed by atoms with Crippen LogP contribution in [0.5, 0.6) is 5.75 Å². The number of carbonyl (C=O) groups excluding carboxylic acids is 1. The van der Waals surface area contributed by atoms with Gasteiger partial charge in [0.05, 0.1) is 11.1 Å². The zero-order valence-electron chi connectivity index (χ0n) is 17.6. The zero-order valence-corrected chi connectivity index (χ0v) is 17.6. The van der Waals surface area contributed by atoms with Crippen molar-refractivity contribution in [3.63, 3.8) is 0 Å². The third-order valence-corrected chi connectivity index (χ3v) is 6.07. The van der Waals surface area contributed by atoms with E-state index < -0.39 is 5.97 Å². The maximum absolute atomic E-state index is 12.6. The summed E-state index contributed by atoms with van der Waals surface area (Å²) in [6.07, 6.45) is 9.65. The fraction of sp³-hybridized carbons (Fsp3) is 0.462. The van der Waals surface area contributed by atoms with Crippen LogP contribution in [0.25, 0.3) is 0 Å². The Bertz CT molecular complexity index is 855. The summed E-state index contributed by atoms with van der Waals surface area (Å²) in [4.78, 5) is 12.6. The first-order chi connectivity index (χ1) is 14.1. The SMILES string of the molecule is CCCc1ccc(OC(=O)c2ccc(C3CCC(CCC)CC3)cc2)c(C#N)c1. The molecule has 0 N–H and O–H groups in total. The molecule has 152 valence electrons. The van der Waals surface area contributed by atoms with Crippen LogP contribution in [0.3, 0.4) is 0 Å². The van der Waals surface area contributed by atoms with E-state index in [0.29, 0.717) is 22.8 Å². The average molecular weight is 390 g/mol. The Morgan fingerprint density at radius 2 is 1.76 bits per heavy atom. The minimum absolute atomic E-state index is 0.329. The molecule has 3 nitrogen and oxygen atoms in total. The van der Waals surface area contributed by atoms with Crippen molar-refractivity contribution in [3.05, 3.63) is 64.7 Å². The Morgan fingerprint density at radius 1 is 1.03 bits per heavy atom. The van der Waals surface area contributed by atoms with Crippen molar-refractivity contribution in [2.24, 2.45) is 5.92 Å². The van der Waals surface area contributed by atoms with E-state index in [1.165, 1.54) is 44.1 Å². The molecule has 0 heterocycles. The van der Waals surface area contributed by atoms with Crippen molar-refractivity contribution in [3.8, 4) is 11.8 Å². The number of benzene rings is 2. The van der Waals surface area contributed by atoms with Crippen molar-refractivity contribution >= 4 is 5.97 Å². The van der Waals surface area contributed by atoms with Gasteiger partial charge in [0.25, 0.3) is 0 Å². The van der Waals surface area contributed by atoms with Crippen molar-refractivity contribution < 1.29 is 9.53 Å². The highest BCUT2D eigenvalue weighted by Gasteiger charge is 2.22. The van der Waals surface area contributed by atoms with E-state index in [9.17, 15) is 10.1 Å². The summed E-state index contributed by atoms with van der Waals surface area (Å²) in [6, 6.07) is 15.4. The van der Waals surface area contributed by atoms with Gasteiger partial charge >= 0.3 is 5.97 Å². The second-order valence-electron chi connectivity index (χ2n) is 8.21. The summed E-state index contributed by atoms with van der Waals surface area (Å²) in [5, 5.41) is 9.39. The van der Waals surface area contributed by atoms with Gasteiger partial charge in [0.15, 0.2) is 0 Å². The number of rotatable bonds is 7. The van der Waals surface area contributed by atoms with Crippen LogP contribution in [0.1, 0.15) is 91.8 Å². The molecule has 0 amide bonds. The van der Waals surface area contributed by atoms with Crippen LogP contribution in [0, 0.1) is 17.2 Å².